The maximum atomic E-state index is 14.6. The minimum absolute atomic E-state index is 0.0583. The Morgan fingerprint density at radius 3 is 0.965 bits per heavy atom. The third-order valence-corrected chi connectivity index (χ3v) is 15.9. The molecule has 0 aromatic carbocycles. The van der Waals surface area contributed by atoms with Gasteiger partial charge in [0.15, 0.2) is 0 Å². The molecular weight excluding hydrogens is 721 g/mol. The van der Waals surface area contributed by atoms with Gasteiger partial charge in [-0.1, -0.05) is 0 Å². The highest BCUT2D eigenvalue weighted by molar-refractivity contribution is 5.33. The van der Waals surface area contributed by atoms with Gasteiger partial charge in [-0.25, -0.2) is 47.7 Å². The summed E-state index contributed by atoms with van der Waals surface area (Å²) < 4.78 is 9.79. The van der Waals surface area contributed by atoms with Crippen molar-refractivity contribution < 1.29 is 14.3 Å². The van der Waals surface area contributed by atoms with E-state index in [4.69, 9.17) is 10.00 Å². The third-order valence-electron chi connectivity index (χ3n) is 15.9. The van der Waals surface area contributed by atoms with Crippen molar-refractivity contribution in [2.75, 3.05) is 0 Å². The van der Waals surface area contributed by atoms with Gasteiger partial charge in [0.1, 0.15) is 6.10 Å². The minimum Gasteiger partial charge on any atom is -0.424 e. The fourth-order valence-corrected chi connectivity index (χ4v) is 12.6. The Kier molecular flexibility index (Phi) is 14.6. The molecule has 6 aliphatic carbocycles. The fraction of sp³-hybridized carbons (Fsp3) is 0.867. The van der Waals surface area contributed by atoms with Gasteiger partial charge in [-0.15, -0.1) is 0 Å². The smallest absolute Gasteiger partial charge is 0.336 e. The van der Waals surface area contributed by atoms with E-state index in [2.05, 4.69) is 9.98 Å². The van der Waals surface area contributed by atoms with E-state index in [1.165, 1.54) is 13.7 Å². The second kappa shape index (κ2) is 19.9. The molecule has 57 heavy (non-hydrogen) atoms. The van der Waals surface area contributed by atoms with E-state index in [1.807, 2.05) is 6.26 Å². The zero-order valence-electron chi connectivity index (χ0n) is 34.2. The molecule has 6 fully saturated rings. The van der Waals surface area contributed by atoms with Crippen LogP contribution in [0.15, 0.2) is 24.4 Å². The van der Waals surface area contributed by atoms with Crippen molar-refractivity contribution in [1.82, 2.24) is 13.7 Å². The lowest BCUT2D eigenvalue weighted by atomic mass is 9.75. The molecule has 7 rings (SSSR count). The Bertz CT molecular complexity index is 1690. The van der Waals surface area contributed by atoms with Crippen LogP contribution in [0.5, 0.6) is 0 Å². The molecule has 0 bridgehead atoms. The molecule has 0 radical (unpaired) electrons. The van der Waals surface area contributed by atoms with Crippen molar-refractivity contribution in [3.63, 3.8) is 0 Å². The second-order valence-corrected chi connectivity index (χ2v) is 19.3. The van der Waals surface area contributed by atoms with Gasteiger partial charge < -0.3 is 4.74 Å². The van der Waals surface area contributed by atoms with Gasteiger partial charge in [0.2, 0.25) is 12.2 Å². The number of aliphatic imine (C=N–C) groups is 2. The normalized spacial score (nSPS) is 36.2. The van der Waals surface area contributed by atoms with Crippen LogP contribution < -0.4 is 17.1 Å². The van der Waals surface area contributed by atoms with Crippen LogP contribution in [0.4, 0.5) is 0 Å². The highest BCUT2D eigenvalue weighted by Crippen LogP contribution is 2.42. The highest BCUT2D eigenvalue weighted by Gasteiger charge is 2.36. The predicted molar refractivity (Wildman–Crippen MR) is 216 cm³/mol. The number of carbonyl (C=O) groups excluding carboxylic acids is 2. The van der Waals surface area contributed by atoms with Crippen LogP contribution in [0.3, 0.4) is 0 Å². The van der Waals surface area contributed by atoms with Crippen LogP contribution in [0.2, 0.25) is 0 Å². The van der Waals surface area contributed by atoms with Crippen molar-refractivity contribution in [2.24, 2.45) is 45.5 Å². The van der Waals surface area contributed by atoms with Crippen LogP contribution >= 0.6 is 0 Å². The molecule has 6 saturated carbocycles. The van der Waals surface area contributed by atoms with Gasteiger partial charge in [-0.2, -0.15) is 5.26 Å². The van der Waals surface area contributed by atoms with E-state index >= 15 is 0 Å². The first kappa shape index (κ1) is 41.6. The molecule has 312 valence electrons. The summed E-state index contributed by atoms with van der Waals surface area (Å²) in [5, 5.41) is 8.91. The minimum atomic E-state index is -0.388. The predicted octanol–water partition coefficient (Wildman–Crippen LogP) is 8.38. The Hall–Kier alpha value is -3.54. The summed E-state index contributed by atoms with van der Waals surface area (Å²) in [6, 6.07) is -0.330. The molecule has 1 heterocycles. The largest absolute Gasteiger partial charge is 0.424 e. The molecule has 12 heteroatoms. The summed E-state index contributed by atoms with van der Waals surface area (Å²) in [5.74, 6) is 3.60. The van der Waals surface area contributed by atoms with E-state index < -0.39 is 0 Å². The maximum Gasteiger partial charge on any atom is 0.336 e. The summed E-state index contributed by atoms with van der Waals surface area (Å²) in [6.45, 7) is 0. The zero-order chi connectivity index (χ0) is 39.7. The molecule has 0 amide bonds. The molecule has 1 aromatic rings. The average Bonchev–Trinajstić information content (AvgIpc) is 3.22. The van der Waals surface area contributed by atoms with Gasteiger partial charge in [-0.05, 0) is 209 Å². The Balaban J connectivity index is 1.04. The lowest BCUT2D eigenvalue weighted by Crippen LogP contribution is -2.58. The number of ether oxygens (including phenoxy) is 1. The Labute approximate surface area is 337 Å². The van der Waals surface area contributed by atoms with Crippen molar-refractivity contribution in [3.8, 4) is 6.26 Å². The van der Waals surface area contributed by atoms with Crippen LogP contribution in [0, 0.1) is 47.0 Å². The summed E-state index contributed by atoms with van der Waals surface area (Å²) >= 11 is 0. The SMILES string of the molecule is N#COC1CCC(CC2CCC(n3c(=O)n(C4CCC(CC5CCC(N=C=O)CC5)CC4)c(=O)n(C4CCC(CC5CCC(N=C=O)CC5)CC4)c3=O)CC2)CC1. The molecule has 0 N–H and O–H groups in total. The van der Waals surface area contributed by atoms with Crippen LogP contribution in [-0.2, 0) is 14.3 Å². The maximum absolute atomic E-state index is 14.6. The fourth-order valence-electron chi connectivity index (χ4n) is 12.6. The monoisotopic (exact) mass is 787 g/mol. The number of aromatic nitrogens is 3. The topological polar surface area (TPSA) is 158 Å². The summed E-state index contributed by atoms with van der Waals surface area (Å²) in [5.41, 5.74) is -1.16. The number of hydrogen-bond acceptors (Lipinski definition) is 9. The van der Waals surface area contributed by atoms with Crippen LogP contribution in [0.1, 0.15) is 191 Å². The zero-order valence-corrected chi connectivity index (χ0v) is 34.2. The van der Waals surface area contributed by atoms with Crippen molar-refractivity contribution in [2.45, 2.75) is 210 Å². The molecule has 12 nitrogen and oxygen atoms in total. The number of hydrogen-bond donors (Lipinski definition) is 0. The van der Waals surface area contributed by atoms with Crippen molar-refractivity contribution >= 4 is 12.2 Å². The van der Waals surface area contributed by atoms with Crippen LogP contribution in [0.25, 0.3) is 0 Å². The van der Waals surface area contributed by atoms with E-state index in [9.17, 15) is 24.0 Å². The quantitative estimate of drug-likeness (QED) is 0.117. The molecule has 0 aliphatic heterocycles. The summed E-state index contributed by atoms with van der Waals surface area (Å²) in [6.07, 6.45) is 31.6. The number of nitriles is 1. The van der Waals surface area contributed by atoms with Crippen molar-refractivity contribution in [3.05, 3.63) is 31.5 Å². The molecule has 0 atom stereocenters. The standard InChI is InChI=1S/C45H66N6O6/c46-28-57-42-23-11-36(12-24-42)27-35-9-21-41(22-10-35)51-44(55)49(39-17-5-33(6-18-39)25-31-1-13-37(14-2-31)47-29-52)43(54)50(45(51)56)40-19-7-34(8-20-40)26-32-3-15-38(16-4-32)48-30-53/h31-42H,1-27H2. The molecule has 1 aromatic heterocycles. The second-order valence-electron chi connectivity index (χ2n) is 19.3. The third kappa shape index (κ3) is 10.4. The number of isocyanates is 2. The Morgan fingerprint density at radius 1 is 0.439 bits per heavy atom. The van der Waals surface area contributed by atoms with E-state index in [1.54, 1.807) is 12.2 Å². The van der Waals surface area contributed by atoms with Gasteiger partial charge in [0.25, 0.3) is 6.26 Å². The highest BCUT2D eigenvalue weighted by atomic mass is 16.5. The average molecular weight is 787 g/mol. The molecule has 0 saturated heterocycles. The van der Waals surface area contributed by atoms with E-state index in [0.29, 0.717) is 35.5 Å². The van der Waals surface area contributed by atoms with E-state index in [0.717, 1.165) is 173 Å². The van der Waals surface area contributed by atoms with Gasteiger partial charge in [0.05, 0.1) is 12.1 Å². The van der Waals surface area contributed by atoms with Gasteiger partial charge >= 0.3 is 17.1 Å². The lowest BCUT2D eigenvalue weighted by Gasteiger charge is -2.36. The number of rotatable bonds is 12. The Morgan fingerprint density at radius 2 is 0.702 bits per heavy atom. The summed E-state index contributed by atoms with van der Waals surface area (Å²) in [4.78, 5) is 73.1. The van der Waals surface area contributed by atoms with Gasteiger partial charge in [0, 0.05) is 18.1 Å². The molecule has 0 spiro atoms. The molecule has 0 unspecified atom stereocenters. The first-order chi connectivity index (χ1) is 27.8. The lowest BCUT2D eigenvalue weighted by molar-refractivity contribution is 0.0902. The summed E-state index contributed by atoms with van der Waals surface area (Å²) in [7, 11) is 0. The van der Waals surface area contributed by atoms with E-state index in [-0.39, 0.29) is 53.4 Å². The van der Waals surface area contributed by atoms with Gasteiger partial charge in [-0.3, -0.25) is 0 Å². The number of nitrogens with zero attached hydrogens (tertiary/aromatic N) is 6. The van der Waals surface area contributed by atoms with Crippen LogP contribution in [-0.4, -0.2) is 44.0 Å². The first-order valence-electron chi connectivity index (χ1n) is 23.0. The van der Waals surface area contributed by atoms with Crippen molar-refractivity contribution in [1.29, 1.82) is 5.26 Å². The molecular formula is C45H66N6O6. The first-order valence-corrected chi connectivity index (χ1v) is 23.0. The molecule has 6 aliphatic rings.